The third-order valence-electron chi connectivity index (χ3n) is 4.05. The Kier molecular flexibility index (Phi) is 7.05. The number of thiophene rings is 1. The van der Waals surface area contributed by atoms with Gasteiger partial charge in [-0.15, -0.1) is 0 Å². The van der Waals surface area contributed by atoms with E-state index >= 15 is 0 Å². The molecule has 2 rings (SSSR count). The second-order valence-corrected chi connectivity index (χ2v) is 7.71. The summed E-state index contributed by atoms with van der Waals surface area (Å²) in [6.07, 6.45) is 4.37. The van der Waals surface area contributed by atoms with Gasteiger partial charge in [-0.2, -0.15) is 23.1 Å². The van der Waals surface area contributed by atoms with Crippen molar-refractivity contribution in [3.63, 3.8) is 0 Å². The molecule has 0 bridgehead atoms. The zero-order valence-electron chi connectivity index (χ0n) is 13.8. The third-order valence-corrected chi connectivity index (χ3v) is 6.19. The van der Waals surface area contributed by atoms with Crippen LogP contribution in [-0.2, 0) is 11.3 Å². The van der Waals surface area contributed by atoms with E-state index in [9.17, 15) is 0 Å². The smallest absolute Gasteiger partial charge is 0.194 e. The monoisotopic (exact) mass is 341 g/mol. The Bertz CT molecular complexity index is 456. The first-order valence-corrected chi connectivity index (χ1v) is 9.99. The molecule has 1 aromatic rings. The van der Waals surface area contributed by atoms with Crippen molar-refractivity contribution in [3.8, 4) is 0 Å². The Morgan fingerprint density at radius 3 is 2.86 bits per heavy atom. The van der Waals surface area contributed by atoms with Gasteiger partial charge >= 0.3 is 0 Å². The summed E-state index contributed by atoms with van der Waals surface area (Å²) in [5.74, 6) is 0.994. The molecule has 1 aliphatic rings. The molecule has 0 aliphatic carbocycles. The van der Waals surface area contributed by atoms with E-state index in [1.54, 1.807) is 11.3 Å². The molecule has 0 radical (unpaired) electrons. The molecule has 1 fully saturated rings. The molecule has 0 aromatic carbocycles. The van der Waals surface area contributed by atoms with Crippen LogP contribution in [0.15, 0.2) is 21.8 Å². The van der Waals surface area contributed by atoms with E-state index in [0.717, 1.165) is 51.6 Å². The highest BCUT2D eigenvalue weighted by molar-refractivity contribution is 8.00. The molecule has 1 aliphatic heterocycles. The van der Waals surface area contributed by atoms with Gasteiger partial charge in [0.2, 0.25) is 0 Å². The summed E-state index contributed by atoms with van der Waals surface area (Å²) in [6.45, 7) is 6.47. The van der Waals surface area contributed by atoms with Gasteiger partial charge in [0, 0.05) is 38.1 Å². The van der Waals surface area contributed by atoms with E-state index < -0.39 is 0 Å². The van der Waals surface area contributed by atoms with Gasteiger partial charge in [-0.25, -0.2) is 0 Å². The maximum absolute atomic E-state index is 5.51. The van der Waals surface area contributed by atoms with Crippen molar-refractivity contribution >= 4 is 29.1 Å². The van der Waals surface area contributed by atoms with Crippen LogP contribution in [0.3, 0.4) is 0 Å². The van der Waals surface area contributed by atoms with Crippen LogP contribution in [0, 0.1) is 0 Å². The number of aliphatic imine (C=N–C) groups is 1. The molecule has 6 heteroatoms. The van der Waals surface area contributed by atoms with Gasteiger partial charge in [0.25, 0.3) is 0 Å². The Balaban J connectivity index is 2.01. The predicted molar refractivity (Wildman–Crippen MR) is 98.1 cm³/mol. The highest BCUT2D eigenvalue weighted by Crippen LogP contribution is 2.34. The lowest BCUT2D eigenvalue weighted by Gasteiger charge is -2.34. The van der Waals surface area contributed by atoms with Gasteiger partial charge in [0.1, 0.15) is 0 Å². The summed E-state index contributed by atoms with van der Waals surface area (Å²) in [4.78, 5) is 7.13. The highest BCUT2D eigenvalue weighted by Gasteiger charge is 2.31. The van der Waals surface area contributed by atoms with Crippen molar-refractivity contribution < 1.29 is 4.74 Å². The van der Waals surface area contributed by atoms with E-state index in [1.807, 2.05) is 11.8 Å². The third kappa shape index (κ3) is 4.89. The summed E-state index contributed by atoms with van der Waals surface area (Å²) in [7, 11) is 2.11. The van der Waals surface area contributed by atoms with E-state index in [2.05, 4.69) is 47.3 Å². The molecule has 0 amide bonds. The maximum atomic E-state index is 5.51. The van der Waals surface area contributed by atoms with Gasteiger partial charge < -0.3 is 15.0 Å². The number of nitrogens with one attached hydrogen (secondary N) is 1. The fraction of sp³-hybridized carbons (Fsp3) is 0.688. The molecule has 0 unspecified atom stereocenters. The van der Waals surface area contributed by atoms with Crippen LogP contribution in [0.5, 0.6) is 0 Å². The van der Waals surface area contributed by atoms with Crippen molar-refractivity contribution in [1.82, 2.24) is 10.2 Å². The zero-order valence-corrected chi connectivity index (χ0v) is 15.4. The van der Waals surface area contributed by atoms with Crippen molar-refractivity contribution in [2.75, 3.05) is 39.6 Å². The molecule has 124 valence electrons. The second-order valence-electron chi connectivity index (χ2n) is 5.66. The first-order chi connectivity index (χ1) is 10.7. The fourth-order valence-electron chi connectivity index (χ4n) is 2.59. The van der Waals surface area contributed by atoms with Gasteiger partial charge in [0.05, 0.1) is 6.54 Å². The molecule has 22 heavy (non-hydrogen) atoms. The van der Waals surface area contributed by atoms with Gasteiger partial charge in [0.15, 0.2) is 5.96 Å². The van der Waals surface area contributed by atoms with Crippen molar-refractivity contribution in [1.29, 1.82) is 0 Å². The summed E-state index contributed by atoms with van der Waals surface area (Å²) in [5.41, 5.74) is 1.34. The number of hydrogen-bond donors (Lipinski definition) is 1. The highest BCUT2D eigenvalue weighted by atomic mass is 32.2. The second kappa shape index (κ2) is 8.79. The van der Waals surface area contributed by atoms with Crippen molar-refractivity contribution in [2.24, 2.45) is 4.99 Å². The SMILES string of the molecule is CCNC(=NCC1(SC)CCOCC1)N(C)Cc1ccsc1. The molecule has 2 heterocycles. The van der Waals surface area contributed by atoms with E-state index in [0.29, 0.717) is 0 Å². The molecule has 0 atom stereocenters. The molecular formula is C16H27N3OS2. The van der Waals surface area contributed by atoms with Crippen LogP contribution in [0.25, 0.3) is 0 Å². The molecule has 0 saturated carbocycles. The number of guanidine groups is 1. The van der Waals surface area contributed by atoms with Crippen LogP contribution < -0.4 is 5.32 Å². The van der Waals surface area contributed by atoms with Crippen molar-refractivity contribution in [2.45, 2.75) is 31.1 Å². The number of thioether (sulfide) groups is 1. The largest absolute Gasteiger partial charge is 0.381 e. The molecular weight excluding hydrogens is 314 g/mol. The number of ether oxygens (including phenoxy) is 1. The summed E-state index contributed by atoms with van der Waals surface area (Å²) < 4.78 is 5.75. The number of hydrogen-bond acceptors (Lipinski definition) is 4. The van der Waals surface area contributed by atoms with E-state index in [-0.39, 0.29) is 4.75 Å². The summed E-state index contributed by atoms with van der Waals surface area (Å²) in [5, 5.41) is 7.73. The Morgan fingerprint density at radius 1 is 1.50 bits per heavy atom. The average Bonchev–Trinajstić information content (AvgIpc) is 3.05. The number of rotatable bonds is 6. The first kappa shape index (κ1) is 17.6. The lowest BCUT2D eigenvalue weighted by Crippen LogP contribution is -2.41. The standard InChI is InChI=1S/C16H27N3OS2/c1-4-17-15(19(2)11-14-5-10-22-12-14)18-13-16(21-3)6-8-20-9-7-16/h5,10,12H,4,6-9,11,13H2,1-3H3,(H,17,18). The first-order valence-electron chi connectivity index (χ1n) is 7.82. The molecule has 1 aromatic heterocycles. The molecule has 4 nitrogen and oxygen atoms in total. The topological polar surface area (TPSA) is 36.9 Å². The average molecular weight is 342 g/mol. The quantitative estimate of drug-likeness (QED) is 0.637. The normalized spacial score (nSPS) is 18.2. The lowest BCUT2D eigenvalue weighted by molar-refractivity contribution is 0.0793. The summed E-state index contributed by atoms with van der Waals surface area (Å²) >= 11 is 3.68. The minimum absolute atomic E-state index is 0.238. The fourth-order valence-corrected chi connectivity index (χ4v) is 4.02. The van der Waals surface area contributed by atoms with Gasteiger partial charge in [-0.05, 0) is 48.4 Å². The minimum Gasteiger partial charge on any atom is -0.381 e. The Labute approximate surface area is 142 Å². The van der Waals surface area contributed by atoms with Crippen LogP contribution in [-0.4, -0.2) is 55.2 Å². The molecule has 1 N–H and O–H groups in total. The van der Waals surface area contributed by atoms with E-state index in [4.69, 9.17) is 9.73 Å². The van der Waals surface area contributed by atoms with Crippen LogP contribution >= 0.6 is 23.1 Å². The Morgan fingerprint density at radius 2 is 2.27 bits per heavy atom. The van der Waals surface area contributed by atoms with Crippen LogP contribution in [0.1, 0.15) is 25.3 Å². The minimum atomic E-state index is 0.238. The van der Waals surface area contributed by atoms with Gasteiger partial charge in [-0.3, -0.25) is 4.99 Å². The lowest BCUT2D eigenvalue weighted by atomic mass is 9.99. The van der Waals surface area contributed by atoms with E-state index in [1.165, 1.54) is 5.56 Å². The molecule has 1 saturated heterocycles. The maximum Gasteiger partial charge on any atom is 0.194 e. The number of nitrogens with zero attached hydrogens (tertiary/aromatic N) is 2. The zero-order chi connectivity index (χ0) is 15.8. The van der Waals surface area contributed by atoms with Crippen LogP contribution in [0.2, 0.25) is 0 Å². The van der Waals surface area contributed by atoms with Crippen molar-refractivity contribution in [3.05, 3.63) is 22.4 Å². The summed E-state index contributed by atoms with van der Waals surface area (Å²) in [6, 6.07) is 2.17. The Hall–Kier alpha value is -0.720. The predicted octanol–water partition coefficient (Wildman–Crippen LogP) is 3.06. The van der Waals surface area contributed by atoms with Crippen LogP contribution in [0.4, 0.5) is 0 Å². The molecule has 0 spiro atoms. The van der Waals surface area contributed by atoms with Gasteiger partial charge in [-0.1, -0.05) is 0 Å².